The standard InChI is InChI=1S/C18H34O4S.Na/c1-2-3-4-5-6-7-8-9-10-11-12-13-14-15-16-17-18-22-23(19,20)21;/h6-7,9-10H,2-5,8,11-18H2,1H3,(H,19,20,21);/q;+1/p-1/b7-6-,10-9-;. The van der Waals surface area contributed by atoms with Gasteiger partial charge in [0.2, 0.25) is 10.4 Å². The number of hydrogen-bond acceptors (Lipinski definition) is 4. The second-order valence-corrected chi connectivity index (χ2v) is 6.87. The van der Waals surface area contributed by atoms with Crippen LogP contribution in [0, 0.1) is 0 Å². The summed E-state index contributed by atoms with van der Waals surface area (Å²) >= 11 is 0. The third-order valence-corrected chi connectivity index (χ3v) is 4.03. The van der Waals surface area contributed by atoms with Crippen molar-refractivity contribution in [1.29, 1.82) is 0 Å². The monoisotopic (exact) mass is 368 g/mol. The predicted molar refractivity (Wildman–Crippen MR) is 95.0 cm³/mol. The average Bonchev–Trinajstić information content (AvgIpc) is 2.49. The average molecular weight is 369 g/mol. The third kappa shape index (κ3) is 24.6. The summed E-state index contributed by atoms with van der Waals surface area (Å²) in [6.07, 6.45) is 22.4. The van der Waals surface area contributed by atoms with E-state index in [4.69, 9.17) is 0 Å². The van der Waals surface area contributed by atoms with Crippen LogP contribution in [0.15, 0.2) is 24.3 Å². The van der Waals surface area contributed by atoms with Gasteiger partial charge in [0, 0.05) is 0 Å². The molecule has 0 N–H and O–H groups in total. The molecule has 0 spiro atoms. The van der Waals surface area contributed by atoms with E-state index in [2.05, 4.69) is 35.4 Å². The van der Waals surface area contributed by atoms with E-state index in [1.165, 1.54) is 38.5 Å². The Kier molecular flexibility index (Phi) is 21.8. The molecule has 0 aliphatic rings. The van der Waals surface area contributed by atoms with E-state index in [0.29, 0.717) is 6.42 Å². The molecule has 0 aromatic rings. The molecule has 0 amide bonds. The quantitative estimate of drug-likeness (QED) is 0.138. The molecule has 4 nitrogen and oxygen atoms in total. The first-order valence-electron chi connectivity index (χ1n) is 8.96. The zero-order valence-corrected chi connectivity index (χ0v) is 18.4. The zero-order chi connectivity index (χ0) is 17.2. The maximum Gasteiger partial charge on any atom is 1.00 e. The van der Waals surface area contributed by atoms with Gasteiger partial charge in [0.25, 0.3) is 0 Å². The topological polar surface area (TPSA) is 66.4 Å². The second kappa shape index (κ2) is 19.7. The number of allylic oxidation sites excluding steroid dienone is 4. The molecule has 0 rings (SSSR count). The summed E-state index contributed by atoms with van der Waals surface area (Å²) in [5.74, 6) is 0. The molecule has 0 atom stereocenters. The summed E-state index contributed by atoms with van der Waals surface area (Å²) in [7, 11) is -4.51. The van der Waals surface area contributed by atoms with E-state index >= 15 is 0 Å². The molecule has 24 heavy (non-hydrogen) atoms. The van der Waals surface area contributed by atoms with E-state index in [1.807, 2.05) is 0 Å². The molecule has 0 aromatic carbocycles. The smallest absolute Gasteiger partial charge is 0.726 e. The molecular weight excluding hydrogens is 335 g/mol. The van der Waals surface area contributed by atoms with E-state index < -0.39 is 10.4 Å². The molecule has 0 unspecified atom stereocenters. The molecule has 0 heterocycles. The Labute approximate surface area is 171 Å². The number of rotatable bonds is 16. The van der Waals surface area contributed by atoms with E-state index in [0.717, 1.165) is 32.1 Å². The van der Waals surface area contributed by atoms with Crippen LogP contribution in [0.3, 0.4) is 0 Å². The third-order valence-electron chi connectivity index (χ3n) is 3.57. The minimum atomic E-state index is -4.51. The van der Waals surface area contributed by atoms with Crippen LogP contribution in [0.4, 0.5) is 0 Å². The van der Waals surface area contributed by atoms with Crippen LogP contribution < -0.4 is 29.6 Å². The van der Waals surface area contributed by atoms with Gasteiger partial charge in [-0.3, -0.25) is 4.18 Å². The summed E-state index contributed by atoms with van der Waals surface area (Å²) in [4.78, 5) is 0. The van der Waals surface area contributed by atoms with Gasteiger partial charge in [-0.1, -0.05) is 69.8 Å². The van der Waals surface area contributed by atoms with Gasteiger partial charge in [0.05, 0.1) is 6.61 Å². The van der Waals surface area contributed by atoms with Crippen molar-refractivity contribution in [2.45, 2.75) is 84.0 Å². The van der Waals surface area contributed by atoms with Crippen molar-refractivity contribution in [2.24, 2.45) is 0 Å². The van der Waals surface area contributed by atoms with Gasteiger partial charge < -0.3 is 4.55 Å². The van der Waals surface area contributed by atoms with Crippen LogP contribution in [0.5, 0.6) is 0 Å². The molecule has 0 bridgehead atoms. The molecule has 0 radical (unpaired) electrons. The van der Waals surface area contributed by atoms with Crippen LogP contribution >= 0.6 is 0 Å². The fourth-order valence-corrected chi connectivity index (χ4v) is 2.57. The van der Waals surface area contributed by atoms with Crippen molar-refractivity contribution in [3.8, 4) is 0 Å². The van der Waals surface area contributed by atoms with E-state index in [-0.39, 0.29) is 36.2 Å². The van der Waals surface area contributed by atoms with Crippen molar-refractivity contribution >= 4 is 10.4 Å². The minimum Gasteiger partial charge on any atom is -0.726 e. The normalized spacial score (nSPS) is 12.1. The van der Waals surface area contributed by atoms with Crippen LogP contribution in [0.2, 0.25) is 0 Å². The Morgan fingerprint density at radius 2 is 1.29 bits per heavy atom. The van der Waals surface area contributed by atoms with Gasteiger partial charge in [0.1, 0.15) is 0 Å². The minimum absolute atomic E-state index is 0. The van der Waals surface area contributed by atoms with Crippen molar-refractivity contribution in [3.63, 3.8) is 0 Å². The number of hydrogen-bond donors (Lipinski definition) is 0. The maximum absolute atomic E-state index is 10.2. The van der Waals surface area contributed by atoms with Gasteiger partial charge in [0.15, 0.2) is 0 Å². The summed E-state index contributed by atoms with van der Waals surface area (Å²) in [6, 6.07) is 0. The fraction of sp³-hybridized carbons (Fsp3) is 0.778. The second-order valence-electron chi connectivity index (χ2n) is 5.81. The molecule has 0 aromatic heterocycles. The summed E-state index contributed by atoms with van der Waals surface area (Å²) in [5.41, 5.74) is 0. The largest absolute Gasteiger partial charge is 1.00 e. The summed E-state index contributed by atoms with van der Waals surface area (Å²) in [6.45, 7) is 2.24. The van der Waals surface area contributed by atoms with Gasteiger partial charge in [-0.2, -0.15) is 0 Å². The Bertz CT molecular complexity index is 405. The van der Waals surface area contributed by atoms with Crippen LogP contribution in [-0.2, 0) is 14.6 Å². The van der Waals surface area contributed by atoms with Crippen molar-refractivity contribution in [2.75, 3.05) is 6.61 Å². The van der Waals surface area contributed by atoms with Crippen molar-refractivity contribution < 1.29 is 46.7 Å². The summed E-state index contributed by atoms with van der Waals surface area (Å²) in [5, 5.41) is 0. The Morgan fingerprint density at radius 3 is 1.83 bits per heavy atom. The number of unbranched alkanes of at least 4 members (excludes halogenated alkanes) is 9. The van der Waals surface area contributed by atoms with Gasteiger partial charge in [-0.05, 0) is 38.5 Å². The summed E-state index contributed by atoms with van der Waals surface area (Å²) < 4.78 is 34.8. The maximum atomic E-state index is 10.2. The van der Waals surface area contributed by atoms with E-state index in [9.17, 15) is 13.0 Å². The van der Waals surface area contributed by atoms with Crippen LogP contribution in [0.1, 0.15) is 84.0 Å². The molecule has 0 aliphatic heterocycles. The first-order chi connectivity index (χ1) is 11.1. The van der Waals surface area contributed by atoms with Crippen LogP contribution in [-0.4, -0.2) is 19.6 Å². The van der Waals surface area contributed by atoms with Gasteiger partial charge in [-0.25, -0.2) is 8.42 Å². The van der Waals surface area contributed by atoms with Crippen LogP contribution in [0.25, 0.3) is 0 Å². The molecule has 0 fully saturated rings. The predicted octanol–water partition coefficient (Wildman–Crippen LogP) is 2.28. The Hall–Kier alpha value is 0.350. The van der Waals surface area contributed by atoms with Gasteiger partial charge in [-0.15, -0.1) is 0 Å². The van der Waals surface area contributed by atoms with Crippen molar-refractivity contribution in [3.05, 3.63) is 24.3 Å². The molecule has 136 valence electrons. The first-order valence-corrected chi connectivity index (χ1v) is 10.3. The molecule has 0 saturated heterocycles. The fourth-order valence-electron chi connectivity index (χ4n) is 2.25. The SMILES string of the molecule is CCCCC/C=C\C/C=C\CCCCCCCCOS(=O)(=O)[O-].[Na+]. The molecular formula is C18H33NaO4S. The van der Waals surface area contributed by atoms with Crippen molar-refractivity contribution in [1.82, 2.24) is 0 Å². The Balaban J connectivity index is 0. The van der Waals surface area contributed by atoms with E-state index in [1.54, 1.807) is 0 Å². The Morgan fingerprint density at radius 1 is 0.792 bits per heavy atom. The zero-order valence-electron chi connectivity index (χ0n) is 15.5. The van der Waals surface area contributed by atoms with Gasteiger partial charge >= 0.3 is 29.6 Å². The molecule has 0 aliphatic carbocycles. The molecule has 6 heteroatoms. The molecule has 0 saturated carbocycles. The first kappa shape index (κ1) is 26.6.